The van der Waals surface area contributed by atoms with Gasteiger partial charge in [0.05, 0.1) is 17.7 Å². The van der Waals surface area contributed by atoms with Gasteiger partial charge in [-0.15, -0.1) is 0 Å². The van der Waals surface area contributed by atoms with E-state index >= 15 is 0 Å². The van der Waals surface area contributed by atoms with Gasteiger partial charge in [-0.05, 0) is 67.1 Å². The molecule has 3 aromatic rings. The molecule has 6 nitrogen and oxygen atoms in total. The van der Waals surface area contributed by atoms with Crippen LogP contribution >= 0.6 is 11.6 Å². The number of carbonyl (C=O) groups is 1. The van der Waals surface area contributed by atoms with Crippen LogP contribution in [0, 0.1) is 6.92 Å². The van der Waals surface area contributed by atoms with Crippen molar-refractivity contribution in [1.82, 2.24) is 0 Å². The van der Waals surface area contributed by atoms with Crippen molar-refractivity contribution < 1.29 is 17.9 Å². The molecule has 0 unspecified atom stereocenters. The zero-order valence-electron chi connectivity index (χ0n) is 16.7. The second-order valence-electron chi connectivity index (χ2n) is 6.56. The molecule has 0 radical (unpaired) electrons. The van der Waals surface area contributed by atoms with Gasteiger partial charge in [-0.3, -0.25) is 9.10 Å². The molecule has 0 heterocycles. The number of nitrogens with zero attached hydrogens (tertiary/aromatic N) is 1. The summed E-state index contributed by atoms with van der Waals surface area (Å²) in [6.07, 6.45) is 0. The maximum atomic E-state index is 13.0. The van der Waals surface area contributed by atoms with Crippen molar-refractivity contribution in [3.05, 3.63) is 82.9 Å². The third-order valence-electron chi connectivity index (χ3n) is 4.71. The number of nitrogens with one attached hydrogen (secondary N) is 1. The van der Waals surface area contributed by atoms with Crippen LogP contribution in [0.25, 0.3) is 0 Å². The molecule has 0 aromatic heterocycles. The summed E-state index contributed by atoms with van der Waals surface area (Å²) in [6.45, 7) is 1.81. The smallest absolute Gasteiger partial charge is 0.264 e. The monoisotopic (exact) mass is 444 g/mol. The quantitative estimate of drug-likeness (QED) is 0.596. The van der Waals surface area contributed by atoms with Crippen molar-refractivity contribution in [3.63, 3.8) is 0 Å². The summed E-state index contributed by atoms with van der Waals surface area (Å²) in [6, 6.07) is 17.8. The number of benzene rings is 3. The Kier molecular flexibility index (Phi) is 6.34. The number of rotatable bonds is 6. The highest BCUT2D eigenvalue weighted by Crippen LogP contribution is 2.26. The number of hydrogen-bond donors (Lipinski definition) is 1. The lowest BCUT2D eigenvalue weighted by Crippen LogP contribution is -2.26. The van der Waals surface area contributed by atoms with Crippen LogP contribution in [0.2, 0.25) is 5.02 Å². The van der Waals surface area contributed by atoms with E-state index in [4.69, 9.17) is 16.3 Å². The van der Waals surface area contributed by atoms with Crippen LogP contribution in [0.4, 0.5) is 11.4 Å². The van der Waals surface area contributed by atoms with E-state index in [1.54, 1.807) is 48.5 Å². The average molecular weight is 445 g/mol. The lowest BCUT2D eigenvalue weighted by atomic mass is 10.1. The van der Waals surface area contributed by atoms with Crippen molar-refractivity contribution >= 4 is 38.9 Å². The third kappa shape index (κ3) is 4.42. The maximum absolute atomic E-state index is 13.0. The molecular weight excluding hydrogens is 424 g/mol. The highest BCUT2D eigenvalue weighted by molar-refractivity contribution is 7.92. The Morgan fingerprint density at radius 2 is 1.70 bits per heavy atom. The van der Waals surface area contributed by atoms with E-state index in [0.29, 0.717) is 27.7 Å². The summed E-state index contributed by atoms with van der Waals surface area (Å²) in [5.74, 6) is 0.198. The molecule has 156 valence electrons. The Balaban J connectivity index is 1.86. The first-order valence-corrected chi connectivity index (χ1v) is 10.9. The molecule has 0 aliphatic rings. The fraction of sp³-hybridized carbons (Fsp3) is 0.136. The van der Waals surface area contributed by atoms with E-state index < -0.39 is 10.0 Å². The minimum absolute atomic E-state index is 0.121. The fourth-order valence-electron chi connectivity index (χ4n) is 2.82. The normalized spacial score (nSPS) is 11.1. The molecule has 3 rings (SSSR count). The predicted octanol–water partition coefficient (Wildman–Crippen LogP) is 4.73. The molecule has 1 N–H and O–H groups in total. The van der Waals surface area contributed by atoms with Gasteiger partial charge in [0.2, 0.25) is 0 Å². The maximum Gasteiger partial charge on any atom is 0.264 e. The van der Waals surface area contributed by atoms with E-state index in [1.807, 2.05) is 6.92 Å². The number of methoxy groups -OCH3 is 1. The van der Waals surface area contributed by atoms with Crippen LogP contribution in [0.1, 0.15) is 15.9 Å². The van der Waals surface area contributed by atoms with Crippen molar-refractivity contribution in [2.24, 2.45) is 0 Å². The van der Waals surface area contributed by atoms with Gasteiger partial charge in [-0.2, -0.15) is 0 Å². The zero-order chi connectivity index (χ0) is 21.9. The van der Waals surface area contributed by atoms with Crippen LogP contribution in [-0.4, -0.2) is 28.5 Å². The second-order valence-corrected chi connectivity index (χ2v) is 8.94. The largest absolute Gasteiger partial charge is 0.497 e. The molecule has 0 saturated heterocycles. The van der Waals surface area contributed by atoms with Gasteiger partial charge in [0.25, 0.3) is 15.9 Å². The predicted molar refractivity (Wildman–Crippen MR) is 119 cm³/mol. The fourth-order valence-corrected chi connectivity index (χ4v) is 4.19. The molecule has 0 saturated carbocycles. The first-order chi connectivity index (χ1) is 14.2. The van der Waals surface area contributed by atoms with Gasteiger partial charge >= 0.3 is 0 Å². The minimum Gasteiger partial charge on any atom is -0.497 e. The molecule has 0 aliphatic heterocycles. The first-order valence-electron chi connectivity index (χ1n) is 9.03. The van der Waals surface area contributed by atoms with Crippen LogP contribution in [0.15, 0.2) is 71.6 Å². The van der Waals surface area contributed by atoms with Crippen LogP contribution in [0.5, 0.6) is 5.75 Å². The van der Waals surface area contributed by atoms with Crippen molar-refractivity contribution in [2.75, 3.05) is 23.8 Å². The van der Waals surface area contributed by atoms with Gasteiger partial charge < -0.3 is 10.1 Å². The highest BCUT2D eigenvalue weighted by Gasteiger charge is 2.22. The minimum atomic E-state index is -3.80. The Morgan fingerprint density at radius 1 is 1.03 bits per heavy atom. The molecule has 0 atom stereocenters. The second kappa shape index (κ2) is 8.77. The highest BCUT2D eigenvalue weighted by atomic mass is 35.5. The summed E-state index contributed by atoms with van der Waals surface area (Å²) in [5.41, 5.74) is 2.03. The average Bonchev–Trinajstić information content (AvgIpc) is 2.76. The van der Waals surface area contributed by atoms with E-state index in [1.165, 1.54) is 32.4 Å². The summed E-state index contributed by atoms with van der Waals surface area (Å²) < 4.78 is 32.1. The Bertz CT molecular complexity index is 1180. The summed E-state index contributed by atoms with van der Waals surface area (Å²) in [4.78, 5) is 12.8. The van der Waals surface area contributed by atoms with Gasteiger partial charge in [0.1, 0.15) is 5.75 Å². The summed E-state index contributed by atoms with van der Waals surface area (Å²) in [7, 11) is -0.849. The van der Waals surface area contributed by atoms with Crippen molar-refractivity contribution in [1.29, 1.82) is 0 Å². The molecular formula is C22H21ClN2O4S. The van der Waals surface area contributed by atoms with E-state index in [2.05, 4.69) is 5.32 Å². The number of hydrogen-bond acceptors (Lipinski definition) is 4. The molecule has 1 amide bonds. The number of ether oxygens (including phenoxy) is 1. The van der Waals surface area contributed by atoms with E-state index in [9.17, 15) is 13.2 Å². The van der Waals surface area contributed by atoms with E-state index in [-0.39, 0.29) is 10.8 Å². The SMILES string of the molecule is COc1ccc(S(=O)(=O)N(C)c2cccc(C(=O)Nc3cccc(Cl)c3C)c2)cc1. The van der Waals surface area contributed by atoms with Crippen LogP contribution < -0.4 is 14.4 Å². The number of amides is 1. The number of anilines is 2. The van der Waals surface area contributed by atoms with Gasteiger partial charge in [0, 0.05) is 23.3 Å². The van der Waals surface area contributed by atoms with Crippen molar-refractivity contribution in [3.8, 4) is 5.75 Å². The Hall–Kier alpha value is -3.03. The number of sulfonamides is 1. The van der Waals surface area contributed by atoms with Gasteiger partial charge in [-0.25, -0.2) is 8.42 Å². The molecule has 30 heavy (non-hydrogen) atoms. The lowest BCUT2D eigenvalue weighted by molar-refractivity contribution is 0.102. The Labute approximate surface area is 181 Å². The summed E-state index contributed by atoms with van der Waals surface area (Å²) in [5, 5.41) is 3.36. The molecule has 3 aromatic carbocycles. The number of carbonyl (C=O) groups excluding carboxylic acids is 1. The van der Waals surface area contributed by atoms with Crippen LogP contribution in [0.3, 0.4) is 0 Å². The van der Waals surface area contributed by atoms with Crippen molar-refractivity contribution in [2.45, 2.75) is 11.8 Å². The molecule has 0 fully saturated rings. The third-order valence-corrected chi connectivity index (χ3v) is 6.91. The van der Waals surface area contributed by atoms with E-state index in [0.717, 1.165) is 9.87 Å². The summed E-state index contributed by atoms with van der Waals surface area (Å²) >= 11 is 6.10. The van der Waals surface area contributed by atoms with Gasteiger partial charge in [0.15, 0.2) is 0 Å². The lowest BCUT2D eigenvalue weighted by Gasteiger charge is -2.20. The zero-order valence-corrected chi connectivity index (χ0v) is 18.3. The van der Waals surface area contributed by atoms with Gasteiger partial charge in [-0.1, -0.05) is 23.7 Å². The molecule has 0 bridgehead atoms. The number of halogens is 1. The molecule has 0 aliphatic carbocycles. The topological polar surface area (TPSA) is 75.7 Å². The molecule has 0 spiro atoms. The molecule has 8 heteroatoms. The van der Waals surface area contributed by atoms with Crippen LogP contribution in [-0.2, 0) is 10.0 Å². The first kappa shape index (κ1) is 21.7. The standard InChI is InChI=1S/C22H21ClN2O4S/c1-15-20(23)8-5-9-21(15)24-22(26)16-6-4-7-17(14-16)25(2)30(27,28)19-12-10-18(29-3)11-13-19/h4-14H,1-3H3,(H,24,26). The Morgan fingerprint density at radius 3 is 2.37 bits per heavy atom.